The van der Waals surface area contributed by atoms with E-state index in [1.807, 2.05) is 6.07 Å². The van der Waals surface area contributed by atoms with Gasteiger partial charge in [0.1, 0.15) is 5.82 Å². The summed E-state index contributed by atoms with van der Waals surface area (Å²) in [5.41, 5.74) is 0.389. The van der Waals surface area contributed by atoms with Crippen LogP contribution in [0.3, 0.4) is 0 Å². The second kappa shape index (κ2) is 4.99. The number of hydrogen-bond acceptors (Lipinski definition) is 3. The highest BCUT2D eigenvalue weighted by atomic mass is 19.1. The van der Waals surface area contributed by atoms with Crippen LogP contribution >= 0.6 is 0 Å². The Morgan fingerprint density at radius 1 is 1.35 bits per heavy atom. The van der Waals surface area contributed by atoms with Crippen LogP contribution in [0, 0.1) is 23.1 Å². The number of benzene rings is 1. The van der Waals surface area contributed by atoms with Crippen molar-refractivity contribution in [1.82, 2.24) is 4.90 Å². The van der Waals surface area contributed by atoms with Crippen molar-refractivity contribution >= 4 is 5.78 Å². The summed E-state index contributed by atoms with van der Waals surface area (Å²) in [5, 5.41) is 8.74. The standard InChI is InChI=1S/C16H17FN2O/c1-19-12-3-4-13(19)8-11(7-12)16(20)14-5-2-10(9-18)6-15(14)17/h2,5-6,11-13H,3-4,7-8H2,1H3. The zero-order chi connectivity index (χ0) is 14.3. The van der Waals surface area contributed by atoms with E-state index < -0.39 is 5.82 Å². The highest BCUT2D eigenvalue weighted by Gasteiger charge is 2.41. The second-order valence-electron chi connectivity index (χ2n) is 5.89. The van der Waals surface area contributed by atoms with E-state index in [9.17, 15) is 9.18 Å². The summed E-state index contributed by atoms with van der Waals surface area (Å²) in [6.45, 7) is 0. The molecule has 1 aromatic carbocycles. The third-order valence-electron chi connectivity index (χ3n) is 4.83. The summed E-state index contributed by atoms with van der Waals surface area (Å²) >= 11 is 0. The lowest BCUT2D eigenvalue weighted by molar-refractivity contribution is 0.0763. The summed E-state index contributed by atoms with van der Waals surface area (Å²) < 4.78 is 13.9. The molecule has 0 amide bonds. The fourth-order valence-electron chi connectivity index (χ4n) is 3.63. The van der Waals surface area contributed by atoms with Crippen molar-refractivity contribution in [2.45, 2.75) is 37.8 Å². The van der Waals surface area contributed by atoms with Gasteiger partial charge in [-0.3, -0.25) is 4.79 Å². The molecule has 2 aliphatic rings. The highest BCUT2D eigenvalue weighted by molar-refractivity contribution is 5.98. The first-order valence-corrected chi connectivity index (χ1v) is 7.06. The molecule has 2 atom stereocenters. The third kappa shape index (κ3) is 2.12. The van der Waals surface area contributed by atoms with Crippen LogP contribution in [0.15, 0.2) is 18.2 Å². The maximum atomic E-state index is 13.9. The van der Waals surface area contributed by atoms with Crippen molar-refractivity contribution in [2.75, 3.05) is 7.05 Å². The Kier molecular flexibility index (Phi) is 3.31. The van der Waals surface area contributed by atoms with Gasteiger partial charge in [0.15, 0.2) is 5.78 Å². The van der Waals surface area contributed by atoms with Crippen LogP contribution in [0.1, 0.15) is 41.6 Å². The van der Waals surface area contributed by atoms with Gasteiger partial charge in [0.25, 0.3) is 0 Å². The van der Waals surface area contributed by atoms with Gasteiger partial charge >= 0.3 is 0 Å². The van der Waals surface area contributed by atoms with Crippen molar-refractivity contribution in [2.24, 2.45) is 5.92 Å². The molecule has 0 saturated carbocycles. The highest BCUT2D eigenvalue weighted by Crippen LogP contribution is 2.38. The van der Waals surface area contributed by atoms with Gasteiger partial charge < -0.3 is 4.90 Å². The molecule has 20 heavy (non-hydrogen) atoms. The van der Waals surface area contributed by atoms with Gasteiger partial charge in [0.05, 0.1) is 17.2 Å². The number of halogens is 1. The van der Waals surface area contributed by atoms with E-state index in [1.165, 1.54) is 12.1 Å². The van der Waals surface area contributed by atoms with Crippen molar-refractivity contribution in [3.8, 4) is 6.07 Å². The molecule has 0 radical (unpaired) electrons. The lowest BCUT2D eigenvalue weighted by atomic mass is 9.84. The van der Waals surface area contributed by atoms with E-state index >= 15 is 0 Å². The van der Waals surface area contributed by atoms with E-state index in [1.54, 1.807) is 0 Å². The average Bonchev–Trinajstić information content (AvgIpc) is 2.67. The van der Waals surface area contributed by atoms with E-state index in [0.717, 1.165) is 31.7 Å². The molecule has 2 saturated heterocycles. The maximum absolute atomic E-state index is 13.9. The molecule has 3 rings (SSSR count). The number of carbonyl (C=O) groups excluding carboxylic acids is 1. The summed E-state index contributed by atoms with van der Waals surface area (Å²) in [5.74, 6) is -0.747. The normalized spacial score (nSPS) is 29.1. The van der Waals surface area contributed by atoms with Gasteiger partial charge in [0, 0.05) is 18.0 Å². The Hall–Kier alpha value is -1.73. The zero-order valence-electron chi connectivity index (χ0n) is 11.5. The number of fused-ring (bicyclic) bond motifs is 2. The Labute approximate surface area is 118 Å². The minimum absolute atomic E-state index is 0.0777. The smallest absolute Gasteiger partial charge is 0.169 e. The minimum Gasteiger partial charge on any atom is -0.300 e. The summed E-state index contributed by atoms with van der Waals surface area (Å²) in [6.07, 6.45) is 3.93. The number of ketones is 1. The van der Waals surface area contributed by atoms with E-state index in [2.05, 4.69) is 11.9 Å². The molecule has 2 fully saturated rings. The van der Waals surface area contributed by atoms with Gasteiger partial charge in [0.2, 0.25) is 0 Å². The number of nitrogens with zero attached hydrogens (tertiary/aromatic N) is 2. The Balaban J connectivity index is 1.82. The number of carbonyl (C=O) groups is 1. The van der Waals surface area contributed by atoms with E-state index in [4.69, 9.17) is 5.26 Å². The summed E-state index contributed by atoms with van der Waals surface area (Å²) in [7, 11) is 2.12. The van der Waals surface area contributed by atoms with Crippen molar-refractivity contribution in [1.29, 1.82) is 5.26 Å². The molecule has 0 spiro atoms. The minimum atomic E-state index is -0.569. The lowest BCUT2D eigenvalue weighted by Gasteiger charge is -2.35. The first-order valence-electron chi connectivity index (χ1n) is 7.06. The zero-order valence-corrected chi connectivity index (χ0v) is 11.5. The molecular weight excluding hydrogens is 255 g/mol. The number of Topliss-reactive ketones (excluding diaryl/α,β-unsaturated/α-hetero) is 1. The van der Waals surface area contributed by atoms with Crippen molar-refractivity contribution in [3.05, 3.63) is 35.1 Å². The van der Waals surface area contributed by atoms with Crippen molar-refractivity contribution in [3.63, 3.8) is 0 Å². The second-order valence-corrected chi connectivity index (χ2v) is 5.89. The molecule has 2 bridgehead atoms. The van der Waals surface area contributed by atoms with Gasteiger partial charge in [-0.25, -0.2) is 4.39 Å². The van der Waals surface area contributed by atoms with Crippen molar-refractivity contribution < 1.29 is 9.18 Å². The predicted molar refractivity (Wildman–Crippen MR) is 72.7 cm³/mol. The fraction of sp³-hybridized carbons (Fsp3) is 0.500. The molecule has 4 heteroatoms. The van der Waals surface area contributed by atoms with Gasteiger partial charge in [-0.15, -0.1) is 0 Å². The van der Waals surface area contributed by atoms with E-state index in [-0.39, 0.29) is 22.8 Å². The molecule has 2 unspecified atom stereocenters. The van der Waals surface area contributed by atoms with E-state index in [0.29, 0.717) is 12.1 Å². The molecule has 1 aromatic rings. The number of nitriles is 1. The van der Waals surface area contributed by atoms with Crippen LogP contribution in [0.5, 0.6) is 0 Å². The Morgan fingerprint density at radius 3 is 2.55 bits per heavy atom. The van der Waals surface area contributed by atoms with Crippen LogP contribution in [0.25, 0.3) is 0 Å². The third-order valence-corrected chi connectivity index (χ3v) is 4.83. The van der Waals surface area contributed by atoms with Crippen LogP contribution < -0.4 is 0 Å². The molecule has 0 aromatic heterocycles. The molecule has 3 nitrogen and oxygen atoms in total. The molecule has 0 N–H and O–H groups in total. The SMILES string of the molecule is CN1C2CCC1CC(C(=O)c1ccc(C#N)cc1F)C2. The molecule has 2 heterocycles. The average molecular weight is 272 g/mol. The number of rotatable bonds is 2. The lowest BCUT2D eigenvalue weighted by Crippen LogP contribution is -2.42. The van der Waals surface area contributed by atoms with Gasteiger partial charge in [-0.05, 0) is 50.9 Å². The Morgan fingerprint density at radius 2 is 2.00 bits per heavy atom. The molecular formula is C16H17FN2O. The van der Waals surface area contributed by atoms with Gasteiger partial charge in [-0.1, -0.05) is 0 Å². The predicted octanol–water partition coefficient (Wildman–Crippen LogP) is 2.75. The number of hydrogen-bond donors (Lipinski definition) is 0. The van der Waals surface area contributed by atoms with Gasteiger partial charge in [-0.2, -0.15) is 5.26 Å². The van der Waals surface area contributed by atoms with Crippen LogP contribution in [0.2, 0.25) is 0 Å². The van der Waals surface area contributed by atoms with Crippen LogP contribution in [0.4, 0.5) is 4.39 Å². The van der Waals surface area contributed by atoms with Crippen LogP contribution in [-0.4, -0.2) is 29.8 Å². The molecule has 0 aliphatic carbocycles. The topological polar surface area (TPSA) is 44.1 Å². The number of piperidine rings is 1. The Bertz CT molecular complexity index is 579. The quantitative estimate of drug-likeness (QED) is 0.778. The monoisotopic (exact) mass is 272 g/mol. The first kappa shape index (κ1) is 13.3. The largest absolute Gasteiger partial charge is 0.300 e. The fourth-order valence-corrected chi connectivity index (χ4v) is 3.63. The van der Waals surface area contributed by atoms with Crippen LogP contribution in [-0.2, 0) is 0 Å². The molecule has 2 aliphatic heterocycles. The summed E-state index contributed by atoms with van der Waals surface area (Å²) in [4.78, 5) is 14.9. The molecule has 104 valence electrons. The summed E-state index contributed by atoms with van der Waals surface area (Å²) in [6, 6.07) is 6.93. The maximum Gasteiger partial charge on any atom is 0.169 e. The first-order chi connectivity index (χ1) is 9.60.